The topological polar surface area (TPSA) is 47.0 Å². The van der Waals surface area contributed by atoms with E-state index in [2.05, 4.69) is 22.2 Å². The van der Waals surface area contributed by atoms with E-state index in [9.17, 15) is 4.39 Å². The average Bonchev–Trinajstić information content (AvgIpc) is 2.50. The van der Waals surface area contributed by atoms with Crippen LogP contribution in [0.3, 0.4) is 0 Å². The third-order valence-electron chi connectivity index (χ3n) is 2.95. The number of anilines is 1. The maximum atomic E-state index is 13.9. The van der Waals surface area contributed by atoms with Gasteiger partial charge in [0.2, 0.25) is 0 Å². The molecule has 21 heavy (non-hydrogen) atoms. The van der Waals surface area contributed by atoms with Gasteiger partial charge in [-0.15, -0.1) is 0 Å². The van der Waals surface area contributed by atoms with Gasteiger partial charge < -0.3 is 10.1 Å². The van der Waals surface area contributed by atoms with Crippen LogP contribution < -0.4 is 10.1 Å². The zero-order valence-electron chi connectivity index (χ0n) is 12.6. The number of aromatic nitrogens is 2. The van der Waals surface area contributed by atoms with E-state index in [1.165, 1.54) is 0 Å². The Hall–Kier alpha value is -2.17. The van der Waals surface area contributed by atoms with Crippen molar-refractivity contribution in [3.63, 3.8) is 0 Å². The van der Waals surface area contributed by atoms with Crippen LogP contribution in [0.25, 0.3) is 11.4 Å². The van der Waals surface area contributed by atoms with Crippen LogP contribution in [-0.2, 0) is 0 Å². The number of nitrogens with one attached hydrogen (secondary N) is 1. The number of nitrogens with zero attached hydrogens (tertiary/aromatic N) is 2. The molecule has 0 radical (unpaired) electrons. The second-order valence-corrected chi connectivity index (χ2v) is 4.70. The highest BCUT2D eigenvalue weighted by atomic mass is 19.1. The second-order valence-electron chi connectivity index (χ2n) is 4.70. The van der Waals surface area contributed by atoms with E-state index in [0.717, 1.165) is 17.7 Å². The Labute approximate surface area is 124 Å². The molecule has 2 rings (SSSR count). The maximum Gasteiger partial charge on any atom is 0.186 e. The third kappa shape index (κ3) is 3.68. The fraction of sp³-hybridized carbons (Fsp3) is 0.375. The molecule has 1 aromatic carbocycles. The van der Waals surface area contributed by atoms with Crippen LogP contribution in [0.15, 0.2) is 24.3 Å². The summed E-state index contributed by atoms with van der Waals surface area (Å²) in [5.74, 6) is 1.16. The molecule has 0 aliphatic heterocycles. The normalized spacial score (nSPS) is 10.5. The molecule has 112 valence electrons. The Bertz CT molecular complexity index is 599. The first-order valence-electron chi connectivity index (χ1n) is 7.17. The van der Waals surface area contributed by atoms with Crippen molar-refractivity contribution in [2.45, 2.75) is 27.2 Å². The average molecular weight is 289 g/mol. The zero-order valence-corrected chi connectivity index (χ0v) is 12.6. The lowest BCUT2D eigenvalue weighted by Gasteiger charge is -2.09. The van der Waals surface area contributed by atoms with E-state index in [-0.39, 0.29) is 5.82 Å². The molecular formula is C16H20FN3O. The van der Waals surface area contributed by atoms with Gasteiger partial charge in [-0.2, -0.15) is 0 Å². The second kappa shape index (κ2) is 7.02. The van der Waals surface area contributed by atoms with Gasteiger partial charge in [-0.3, -0.25) is 0 Å². The number of rotatable bonds is 6. The van der Waals surface area contributed by atoms with Crippen molar-refractivity contribution < 1.29 is 9.13 Å². The summed E-state index contributed by atoms with van der Waals surface area (Å²) in [6.45, 7) is 6.90. The number of benzene rings is 1. The molecule has 2 aromatic rings. The third-order valence-corrected chi connectivity index (χ3v) is 2.95. The summed E-state index contributed by atoms with van der Waals surface area (Å²) >= 11 is 0. The number of ether oxygens (including phenoxy) is 1. The summed E-state index contributed by atoms with van der Waals surface area (Å²) < 4.78 is 19.4. The van der Waals surface area contributed by atoms with Crippen LogP contribution in [-0.4, -0.2) is 23.1 Å². The highest BCUT2D eigenvalue weighted by molar-refractivity contribution is 5.59. The molecular weight excluding hydrogens is 269 g/mol. The van der Waals surface area contributed by atoms with Crippen molar-refractivity contribution in [3.8, 4) is 17.1 Å². The van der Waals surface area contributed by atoms with Crippen molar-refractivity contribution in [3.05, 3.63) is 35.8 Å². The van der Waals surface area contributed by atoms with Gasteiger partial charge in [-0.25, -0.2) is 14.4 Å². The van der Waals surface area contributed by atoms with Gasteiger partial charge >= 0.3 is 0 Å². The molecule has 0 amide bonds. The Morgan fingerprint density at radius 1 is 1.14 bits per heavy atom. The van der Waals surface area contributed by atoms with Crippen molar-refractivity contribution in [2.24, 2.45) is 0 Å². The van der Waals surface area contributed by atoms with Gasteiger partial charge in [0.1, 0.15) is 5.75 Å². The summed E-state index contributed by atoms with van der Waals surface area (Å²) in [6, 6.07) is 7.51. The molecule has 0 saturated heterocycles. The van der Waals surface area contributed by atoms with E-state index in [0.29, 0.717) is 24.7 Å². The molecule has 0 bridgehead atoms. The highest BCUT2D eigenvalue weighted by Gasteiger charge is 2.12. The van der Waals surface area contributed by atoms with E-state index >= 15 is 0 Å². The highest BCUT2D eigenvalue weighted by Crippen LogP contribution is 2.23. The van der Waals surface area contributed by atoms with E-state index in [1.54, 1.807) is 6.92 Å². The van der Waals surface area contributed by atoms with Crippen LogP contribution in [0.1, 0.15) is 26.0 Å². The predicted octanol–water partition coefficient (Wildman–Crippen LogP) is 3.81. The molecule has 1 heterocycles. The Morgan fingerprint density at radius 2 is 1.86 bits per heavy atom. The molecule has 0 unspecified atom stereocenters. The SMILES string of the molecule is CCCOc1ccc(-c2nc(C)c(F)c(NCC)n2)cc1. The number of hydrogen-bond donors (Lipinski definition) is 1. The molecule has 1 aromatic heterocycles. The summed E-state index contributed by atoms with van der Waals surface area (Å²) in [5, 5.41) is 2.92. The number of aryl methyl sites for hydroxylation is 1. The van der Waals surface area contributed by atoms with Crippen molar-refractivity contribution in [2.75, 3.05) is 18.5 Å². The fourth-order valence-corrected chi connectivity index (χ4v) is 1.89. The van der Waals surface area contributed by atoms with Gasteiger partial charge in [-0.1, -0.05) is 6.92 Å². The zero-order chi connectivity index (χ0) is 15.2. The van der Waals surface area contributed by atoms with Crippen LogP contribution >= 0.6 is 0 Å². The van der Waals surface area contributed by atoms with Gasteiger partial charge in [0.05, 0.1) is 12.3 Å². The smallest absolute Gasteiger partial charge is 0.186 e. The quantitative estimate of drug-likeness (QED) is 0.878. The van der Waals surface area contributed by atoms with Crippen LogP contribution in [0.5, 0.6) is 5.75 Å². The Balaban J connectivity index is 2.28. The molecule has 0 fully saturated rings. The minimum atomic E-state index is -0.400. The molecule has 5 heteroatoms. The van der Waals surface area contributed by atoms with Gasteiger partial charge in [0, 0.05) is 12.1 Å². The van der Waals surface area contributed by atoms with Gasteiger partial charge in [0.15, 0.2) is 17.5 Å². The maximum absolute atomic E-state index is 13.9. The summed E-state index contributed by atoms with van der Waals surface area (Å²) in [5.41, 5.74) is 1.17. The van der Waals surface area contributed by atoms with Crippen molar-refractivity contribution in [1.29, 1.82) is 0 Å². The van der Waals surface area contributed by atoms with Crippen LogP contribution in [0.2, 0.25) is 0 Å². The molecule has 0 atom stereocenters. The summed E-state index contributed by atoms with van der Waals surface area (Å²) in [6.07, 6.45) is 0.966. The largest absolute Gasteiger partial charge is 0.494 e. The van der Waals surface area contributed by atoms with Gasteiger partial charge in [-0.05, 0) is 44.5 Å². The Morgan fingerprint density at radius 3 is 2.48 bits per heavy atom. The first-order valence-corrected chi connectivity index (χ1v) is 7.17. The summed E-state index contributed by atoms with van der Waals surface area (Å²) in [7, 11) is 0. The fourth-order valence-electron chi connectivity index (χ4n) is 1.89. The molecule has 0 aliphatic rings. The van der Waals surface area contributed by atoms with Crippen molar-refractivity contribution in [1.82, 2.24) is 9.97 Å². The predicted molar refractivity (Wildman–Crippen MR) is 82.1 cm³/mol. The van der Waals surface area contributed by atoms with Crippen LogP contribution in [0.4, 0.5) is 10.2 Å². The molecule has 0 spiro atoms. The lowest BCUT2D eigenvalue weighted by molar-refractivity contribution is 0.317. The lowest BCUT2D eigenvalue weighted by Crippen LogP contribution is -2.06. The minimum absolute atomic E-state index is 0.242. The molecule has 4 nitrogen and oxygen atoms in total. The summed E-state index contributed by atoms with van der Waals surface area (Å²) in [4.78, 5) is 8.46. The lowest BCUT2D eigenvalue weighted by atomic mass is 10.2. The number of hydrogen-bond acceptors (Lipinski definition) is 4. The van der Waals surface area contributed by atoms with Crippen molar-refractivity contribution >= 4 is 5.82 Å². The first-order chi connectivity index (χ1) is 10.2. The number of halogens is 1. The van der Waals surface area contributed by atoms with Crippen LogP contribution in [0, 0.1) is 12.7 Å². The molecule has 0 aliphatic carbocycles. The van der Waals surface area contributed by atoms with E-state index in [1.807, 2.05) is 31.2 Å². The van der Waals surface area contributed by atoms with E-state index < -0.39 is 5.82 Å². The monoisotopic (exact) mass is 289 g/mol. The van der Waals surface area contributed by atoms with E-state index in [4.69, 9.17) is 4.74 Å². The minimum Gasteiger partial charge on any atom is -0.494 e. The molecule has 0 saturated carbocycles. The Kier molecular flexibility index (Phi) is 5.09. The first kappa shape index (κ1) is 15.2. The van der Waals surface area contributed by atoms with Gasteiger partial charge in [0.25, 0.3) is 0 Å². The molecule has 1 N–H and O–H groups in total. The standard InChI is InChI=1S/C16H20FN3O/c1-4-10-21-13-8-6-12(7-9-13)15-19-11(3)14(17)16(20-15)18-5-2/h6-9H,4-5,10H2,1-3H3,(H,18,19,20).